The Morgan fingerprint density at radius 3 is 1.54 bits per heavy atom. The van der Waals surface area contributed by atoms with E-state index in [4.69, 9.17) is 40.0 Å². The number of hydrogen-bond acceptors (Lipinski definition) is 6. The first-order valence-electron chi connectivity index (χ1n) is 20.9. The van der Waals surface area contributed by atoms with Gasteiger partial charge in [-0.15, -0.1) is 0 Å². The Kier molecular flexibility index (Phi) is 16.6. The minimum Gasteiger partial charge on any atom is -0.374 e. The van der Waals surface area contributed by atoms with Gasteiger partial charge in [-0.1, -0.05) is 170 Å². The van der Waals surface area contributed by atoms with Crippen LogP contribution in [0.5, 0.6) is 0 Å². The van der Waals surface area contributed by atoms with Crippen LogP contribution in [0.3, 0.4) is 0 Å². The Bertz CT molecular complexity index is 2180. The molecule has 1 heterocycles. The van der Waals surface area contributed by atoms with E-state index in [2.05, 4.69) is 31.2 Å². The van der Waals surface area contributed by atoms with E-state index >= 15 is 0 Å². The lowest BCUT2D eigenvalue weighted by atomic mass is 9.87. The maximum absolute atomic E-state index is 13.5. The second kappa shape index (κ2) is 22.9. The summed E-state index contributed by atoms with van der Waals surface area (Å²) in [7, 11) is 0. The number of ether oxygens (including phenoxy) is 6. The zero-order valence-corrected chi connectivity index (χ0v) is 35.2. The predicted molar refractivity (Wildman–Crippen MR) is 235 cm³/mol. The zero-order valence-electron chi connectivity index (χ0n) is 34.4. The highest BCUT2D eigenvalue weighted by atomic mass is 35.5. The van der Waals surface area contributed by atoms with E-state index in [0.29, 0.717) is 35.8 Å². The van der Waals surface area contributed by atoms with Gasteiger partial charge < -0.3 is 28.4 Å². The second-order valence-corrected chi connectivity index (χ2v) is 15.7. The molecule has 0 radical (unpaired) electrons. The highest BCUT2D eigenvalue weighted by Gasteiger charge is 2.49. The van der Waals surface area contributed by atoms with Crippen LogP contribution in [0.2, 0.25) is 5.02 Å². The fourth-order valence-electron chi connectivity index (χ4n) is 7.61. The monoisotopic (exact) mass is 846 g/mol. The van der Waals surface area contributed by atoms with Gasteiger partial charge in [0.05, 0.1) is 39.6 Å². The molecule has 0 aliphatic carbocycles. The molecule has 0 amide bonds. The minimum absolute atomic E-state index is 0.116. The first-order chi connectivity index (χ1) is 29.9. The molecule has 1 aliphatic rings. The molecule has 0 bridgehead atoms. The van der Waals surface area contributed by atoms with Crippen molar-refractivity contribution < 1.29 is 37.2 Å². The summed E-state index contributed by atoms with van der Waals surface area (Å²) in [5.41, 5.74) is 8.45. The smallest absolute Gasteiger partial charge is 0.261 e. The summed E-state index contributed by atoms with van der Waals surface area (Å²) < 4.78 is 67.2. The standard InChI is InChI=1S/C52H53ClF2O6/c1-2-37-23-25-38(26-24-37)27-43-28-45(44(29-46(43)53)34-57-36-48(54)55)49-51(59-32-41-19-11-5-12-20-41)52(60-33-42-21-13-6-14-22-42)50(58-31-40-17-9-4-10-18-40)47(61-49)35-56-30-39-15-7-3-8-16-39/h3-26,28-29,47-52H,2,27,30-36H2,1H3/t47-,49+,50-,51+,52+/m1/s1. The zero-order chi connectivity index (χ0) is 42.2. The summed E-state index contributed by atoms with van der Waals surface area (Å²) in [5.74, 6) is 0. The Labute approximate surface area is 363 Å². The average molecular weight is 847 g/mol. The first kappa shape index (κ1) is 44.3. The topological polar surface area (TPSA) is 55.4 Å². The number of aryl methyl sites for hydroxylation is 1. The number of benzene rings is 6. The molecule has 5 atom stereocenters. The van der Waals surface area contributed by atoms with Gasteiger partial charge in [0.15, 0.2) is 0 Å². The number of halogens is 3. The molecule has 9 heteroatoms. The molecular formula is C52H53ClF2O6. The Hall–Kier alpha value is -4.77. The van der Waals surface area contributed by atoms with Crippen molar-refractivity contribution in [3.63, 3.8) is 0 Å². The molecule has 0 saturated carbocycles. The summed E-state index contributed by atoms with van der Waals surface area (Å²) in [6.45, 7) is 2.62. The van der Waals surface area contributed by atoms with Gasteiger partial charge in [0.2, 0.25) is 0 Å². The minimum atomic E-state index is -2.64. The summed E-state index contributed by atoms with van der Waals surface area (Å²) in [6, 6.07) is 52.1. The molecule has 6 nitrogen and oxygen atoms in total. The lowest BCUT2D eigenvalue weighted by Crippen LogP contribution is -2.58. The predicted octanol–water partition coefficient (Wildman–Crippen LogP) is 11.7. The van der Waals surface area contributed by atoms with Crippen LogP contribution in [0.15, 0.2) is 158 Å². The van der Waals surface area contributed by atoms with Crippen molar-refractivity contribution in [2.45, 2.75) is 89.7 Å². The van der Waals surface area contributed by atoms with E-state index in [1.165, 1.54) is 5.56 Å². The van der Waals surface area contributed by atoms with Crippen molar-refractivity contribution >= 4 is 11.6 Å². The van der Waals surface area contributed by atoms with Gasteiger partial charge in [-0.2, -0.15) is 0 Å². The van der Waals surface area contributed by atoms with Gasteiger partial charge in [0.1, 0.15) is 37.1 Å². The molecule has 1 fully saturated rings. The van der Waals surface area contributed by atoms with Crippen molar-refractivity contribution in [3.05, 3.63) is 213 Å². The van der Waals surface area contributed by atoms with Gasteiger partial charge in [-0.25, -0.2) is 8.78 Å². The van der Waals surface area contributed by atoms with Crippen LogP contribution in [0.4, 0.5) is 8.78 Å². The van der Waals surface area contributed by atoms with Crippen LogP contribution >= 0.6 is 11.6 Å². The van der Waals surface area contributed by atoms with Gasteiger partial charge in [-0.05, 0) is 69.0 Å². The SMILES string of the molecule is CCc1ccc(Cc2cc([C@@H]3O[C@H](COCc4ccccc4)[C@@H](OCc4ccccc4)[C@H](OCc4ccccc4)[C@H]3OCc3ccccc3)c(COCC(F)F)cc2Cl)cc1. The van der Waals surface area contributed by atoms with Crippen molar-refractivity contribution in [3.8, 4) is 0 Å². The molecule has 0 aromatic heterocycles. The fourth-order valence-corrected chi connectivity index (χ4v) is 7.87. The van der Waals surface area contributed by atoms with Crippen molar-refractivity contribution in [1.82, 2.24) is 0 Å². The van der Waals surface area contributed by atoms with Crippen molar-refractivity contribution in [2.75, 3.05) is 13.2 Å². The van der Waals surface area contributed by atoms with E-state index in [1.807, 2.05) is 133 Å². The molecule has 0 N–H and O–H groups in total. The highest BCUT2D eigenvalue weighted by Crippen LogP contribution is 2.41. The maximum atomic E-state index is 13.5. The second-order valence-electron chi connectivity index (χ2n) is 15.3. The van der Waals surface area contributed by atoms with Gasteiger partial charge >= 0.3 is 0 Å². The normalized spacial score (nSPS) is 19.0. The molecule has 6 aromatic carbocycles. The molecule has 0 spiro atoms. The van der Waals surface area contributed by atoms with E-state index in [1.54, 1.807) is 0 Å². The lowest BCUT2D eigenvalue weighted by molar-refractivity contribution is -0.275. The molecule has 7 rings (SSSR count). The molecule has 0 unspecified atom stereocenters. The lowest BCUT2D eigenvalue weighted by Gasteiger charge is -2.47. The Morgan fingerprint density at radius 1 is 0.525 bits per heavy atom. The Morgan fingerprint density at radius 2 is 1.02 bits per heavy atom. The first-order valence-corrected chi connectivity index (χ1v) is 21.3. The van der Waals surface area contributed by atoms with Crippen LogP contribution in [0, 0.1) is 0 Å². The fraction of sp³-hybridized carbons (Fsp3) is 0.308. The summed E-state index contributed by atoms with van der Waals surface area (Å²) in [4.78, 5) is 0. The van der Waals surface area contributed by atoms with Crippen LogP contribution in [0.25, 0.3) is 0 Å². The summed E-state index contributed by atoms with van der Waals surface area (Å²) in [6.07, 6.45) is -4.69. The Balaban J connectivity index is 1.32. The van der Waals surface area contributed by atoms with Gasteiger partial charge in [0.25, 0.3) is 6.43 Å². The third kappa shape index (κ3) is 12.9. The van der Waals surface area contributed by atoms with Crippen LogP contribution in [-0.4, -0.2) is 44.1 Å². The van der Waals surface area contributed by atoms with E-state index in [0.717, 1.165) is 39.8 Å². The molecule has 318 valence electrons. The van der Waals surface area contributed by atoms with Crippen LogP contribution < -0.4 is 0 Å². The largest absolute Gasteiger partial charge is 0.374 e. The van der Waals surface area contributed by atoms with E-state index < -0.39 is 43.6 Å². The van der Waals surface area contributed by atoms with Gasteiger partial charge in [0, 0.05) is 5.02 Å². The van der Waals surface area contributed by atoms with Crippen LogP contribution in [-0.2, 0) is 74.3 Å². The summed E-state index contributed by atoms with van der Waals surface area (Å²) >= 11 is 7.05. The molecule has 1 aliphatic heterocycles. The van der Waals surface area contributed by atoms with Crippen molar-refractivity contribution in [1.29, 1.82) is 0 Å². The third-order valence-electron chi connectivity index (χ3n) is 10.8. The van der Waals surface area contributed by atoms with E-state index in [-0.39, 0.29) is 26.4 Å². The summed E-state index contributed by atoms with van der Waals surface area (Å²) in [5, 5.41) is 0.500. The van der Waals surface area contributed by atoms with Crippen LogP contribution in [0.1, 0.15) is 63.1 Å². The number of rotatable bonds is 21. The average Bonchev–Trinajstić information content (AvgIpc) is 3.29. The maximum Gasteiger partial charge on any atom is 0.261 e. The number of alkyl halides is 2. The third-order valence-corrected chi connectivity index (χ3v) is 11.2. The highest BCUT2D eigenvalue weighted by molar-refractivity contribution is 6.31. The molecule has 61 heavy (non-hydrogen) atoms. The molecule has 1 saturated heterocycles. The molecular weight excluding hydrogens is 794 g/mol. The quantitative estimate of drug-likeness (QED) is 0.0719. The van der Waals surface area contributed by atoms with Crippen molar-refractivity contribution in [2.24, 2.45) is 0 Å². The van der Waals surface area contributed by atoms with E-state index in [9.17, 15) is 8.78 Å². The number of hydrogen-bond donors (Lipinski definition) is 0. The molecule has 6 aromatic rings. The van der Waals surface area contributed by atoms with Gasteiger partial charge in [-0.3, -0.25) is 0 Å².